The SMILES string of the molecule is COP(=S)(OC)Oc1nc(C)n(-c2ccccn2)n1. The van der Waals surface area contributed by atoms with Crippen molar-refractivity contribution in [3.05, 3.63) is 30.2 Å². The van der Waals surface area contributed by atoms with Crippen LogP contribution in [0.4, 0.5) is 0 Å². The second kappa shape index (κ2) is 5.75. The highest BCUT2D eigenvalue weighted by Gasteiger charge is 2.22. The van der Waals surface area contributed by atoms with Crippen LogP contribution in [0.15, 0.2) is 24.4 Å². The minimum absolute atomic E-state index is 0.107. The quantitative estimate of drug-likeness (QED) is 0.780. The van der Waals surface area contributed by atoms with Gasteiger partial charge in [-0.05, 0) is 19.1 Å². The van der Waals surface area contributed by atoms with Crippen molar-refractivity contribution in [1.82, 2.24) is 19.7 Å². The molecule has 0 fully saturated rings. The topological polar surface area (TPSA) is 71.3 Å². The Hall–Kier alpha value is -1.34. The minimum Gasteiger partial charge on any atom is -0.388 e. The summed E-state index contributed by atoms with van der Waals surface area (Å²) in [5, 5.41) is 4.18. The summed E-state index contributed by atoms with van der Waals surface area (Å²) in [6.07, 6.45) is 1.67. The van der Waals surface area contributed by atoms with E-state index < -0.39 is 6.72 Å². The second-order valence-electron chi connectivity index (χ2n) is 3.44. The molecule has 7 nitrogen and oxygen atoms in total. The summed E-state index contributed by atoms with van der Waals surface area (Å²) in [6.45, 7) is -1.04. The van der Waals surface area contributed by atoms with Crippen molar-refractivity contribution in [3.63, 3.8) is 0 Å². The number of rotatable bonds is 5. The van der Waals surface area contributed by atoms with Gasteiger partial charge in [-0.1, -0.05) is 6.07 Å². The van der Waals surface area contributed by atoms with E-state index in [0.717, 1.165) is 0 Å². The Balaban J connectivity index is 2.30. The molecular formula is C10H13N4O3PS. The van der Waals surface area contributed by atoms with Crippen LogP contribution >= 0.6 is 6.72 Å². The van der Waals surface area contributed by atoms with Crippen molar-refractivity contribution in [1.29, 1.82) is 0 Å². The molecule has 2 aromatic heterocycles. The van der Waals surface area contributed by atoms with Gasteiger partial charge in [0.15, 0.2) is 5.82 Å². The van der Waals surface area contributed by atoms with Gasteiger partial charge in [0, 0.05) is 32.2 Å². The Bertz CT molecular complexity index is 596. The molecule has 102 valence electrons. The van der Waals surface area contributed by atoms with Gasteiger partial charge in [0.1, 0.15) is 5.82 Å². The lowest BCUT2D eigenvalue weighted by molar-refractivity contribution is 0.267. The molecule has 0 radical (unpaired) electrons. The molecule has 0 amide bonds. The van der Waals surface area contributed by atoms with Crippen LogP contribution < -0.4 is 4.52 Å². The van der Waals surface area contributed by atoms with Gasteiger partial charge in [0.05, 0.1) is 0 Å². The van der Waals surface area contributed by atoms with Crippen molar-refractivity contribution in [3.8, 4) is 11.8 Å². The highest BCUT2D eigenvalue weighted by molar-refractivity contribution is 8.07. The fraction of sp³-hybridized carbons (Fsp3) is 0.300. The molecule has 2 heterocycles. The first-order chi connectivity index (χ1) is 9.08. The van der Waals surface area contributed by atoms with Gasteiger partial charge in [-0.3, -0.25) is 0 Å². The highest BCUT2D eigenvalue weighted by Crippen LogP contribution is 2.47. The zero-order chi connectivity index (χ0) is 13.9. The van der Waals surface area contributed by atoms with Crippen LogP contribution in [0.1, 0.15) is 5.82 Å². The largest absolute Gasteiger partial charge is 0.388 e. The van der Waals surface area contributed by atoms with Gasteiger partial charge in [-0.25, -0.2) is 4.98 Å². The van der Waals surface area contributed by atoms with Crippen LogP contribution in [0.5, 0.6) is 6.01 Å². The zero-order valence-corrected chi connectivity index (χ0v) is 12.4. The standard InChI is InChI=1S/C10H13N4O3PS/c1-8-12-10(17-18(19,15-2)16-3)13-14(8)9-6-4-5-7-11-9/h4-7H,1-3H3. The summed E-state index contributed by atoms with van der Waals surface area (Å²) >= 11 is 5.10. The average Bonchev–Trinajstić information content (AvgIpc) is 2.80. The van der Waals surface area contributed by atoms with Gasteiger partial charge >= 0.3 is 12.7 Å². The Morgan fingerprint density at radius 2 is 2.00 bits per heavy atom. The molecule has 0 unspecified atom stereocenters. The number of pyridine rings is 1. The summed E-state index contributed by atoms with van der Waals surface area (Å²) in [4.78, 5) is 8.34. The highest BCUT2D eigenvalue weighted by atomic mass is 32.5. The van der Waals surface area contributed by atoms with Gasteiger partial charge < -0.3 is 13.6 Å². The predicted molar refractivity (Wildman–Crippen MR) is 72.8 cm³/mol. The molecule has 2 aromatic rings. The normalized spacial score (nSPS) is 11.5. The van der Waals surface area contributed by atoms with Crippen molar-refractivity contribution in [2.24, 2.45) is 0 Å². The number of aryl methyl sites for hydroxylation is 1. The summed E-state index contributed by atoms with van der Waals surface area (Å²) < 4.78 is 17.0. The molecule has 0 N–H and O–H groups in total. The molecule has 9 heteroatoms. The fourth-order valence-corrected chi connectivity index (χ4v) is 2.13. The van der Waals surface area contributed by atoms with E-state index in [2.05, 4.69) is 15.1 Å². The van der Waals surface area contributed by atoms with Crippen LogP contribution in [0, 0.1) is 6.92 Å². The first-order valence-electron chi connectivity index (χ1n) is 5.34. The first kappa shape index (κ1) is 14.1. The van der Waals surface area contributed by atoms with Crippen molar-refractivity contribution in [2.45, 2.75) is 6.92 Å². The van der Waals surface area contributed by atoms with E-state index in [1.165, 1.54) is 14.2 Å². The fourth-order valence-electron chi connectivity index (χ4n) is 1.35. The molecule has 0 spiro atoms. The Morgan fingerprint density at radius 1 is 1.26 bits per heavy atom. The van der Waals surface area contributed by atoms with Crippen LogP contribution in [0.3, 0.4) is 0 Å². The van der Waals surface area contributed by atoms with Crippen LogP contribution in [0.25, 0.3) is 5.82 Å². The van der Waals surface area contributed by atoms with Crippen LogP contribution in [-0.2, 0) is 20.9 Å². The monoisotopic (exact) mass is 300 g/mol. The van der Waals surface area contributed by atoms with Crippen LogP contribution in [0.2, 0.25) is 0 Å². The van der Waals surface area contributed by atoms with E-state index in [9.17, 15) is 0 Å². The summed E-state index contributed by atoms with van der Waals surface area (Å²) in [5.41, 5.74) is 0. The van der Waals surface area contributed by atoms with E-state index in [0.29, 0.717) is 11.6 Å². The van der Waals surface area contributed by atoms with Crippen LogP contribution in [-0.4, -0.2) is 34.0 Å². The van der Waals surface area contributed by atoms with Crippen molar-refractivity contribution in [2.75, 3.05) is 14.2 Å². The number of hydrogen-bond donors (Lipinski definition) is 0. The summed E-state index contributed by atoms with van der Waals surface area (Å²) in [6, 6.07) is 5.60. The third kappa shape index (κ3) is 3.16. The molecule has 19 heavy (non-hydrogen) atoms. The molecule has 0 bridgehead atoms. The third-order valence-electron chi connectivity index (χ3n) is 2.26. The lowest BCUT2D eigenvalue weighted by atomic mass is 10.4. The molecular weight excluding hydrogens is 287 g/mol. The van der Waals surface area contributed by atoms with Gasteiger partial charge in [-0.15, -0.1) is 5.10 Å². The summed E-state index contributed by atoms with van der Waals surface area (Å²) in [7, 11) is 2.85. The molecule has 2 rings (SSSR count). The molecule has 0 atom stereocenters. The van der Waals surface area contributed by atoms with Gasteiger partial charge in [0.25, 0.3) is 0 Å². The Morgan fingerprint density at radius 3 is 2.58 bits per heavy atom. The van der Waals surface area contributed by atoms with E-state index in [1.807, 2.05) is 18.2 Å². The third-order valence-corrected chi connectivity index (χ3v) is 4.66. The van der Waals surface area contributed by atoms with Crippen molar-refractivity contribution < 1.29 is 13.6 Å². The predicted octanol–water partition coefficient (Wildman–Crippen LogP) is 1.87. The molecule has 0 aliphatic heterocycles. The van der Waals surface area contributed by atoms with Crippen molar-refractivity contribution >= 4 is 18.5 Å². The smallest absolute Gasteiger partial charge is 0.382 e. The zero-order valence-electron chi connectivity index (χ0n) is 10.7. The van der Waals surface area contributed by atoms with E-state index in [1.54, 1.807) is 17.8 Å². The second-order valence-corrected chi connectivity index (χ2v) is 6.59. The number of hydrogen-bond acceptors (Lipinski definition) is 7. The van der Waals surface area contributed by atoms with Gasteiger partial charge in [0.2, 0.25) is 0 Å². The molecule has 0 aliphatic carbocycles. The lowest BCUT2D eigenvalue weighted by Gasteiger charge is -2.14. The number of nitrogens with zero attached hydrogens (tertiary/aromatic N) is 4. The number of aromatic nitrogens is 4. The molecule has 0 saturated carbocycles. The molecule has 0 saturated heterocycles. The first-order valence-corrected chi connectivity index (χ1v) is 7.90. The minimum atomic E-state index is -2.83. The van der Waals surface area contributed by atoms with E-state index >= 15 is 0 Å². The molecule has 0 aliphatic rings. The maximum atomic E-state index is 5.39. The lowest BCUT2D eigenvalue weighted by Crippen LogP contribution is -2.02. The maximum absolute atomic E-state index is 5.39. The van der Waals surface area contributed by atoms with E-state index in [4.69, 9.17) is 25.4 Å². The molecule has 0 aromatic carbocycles. The van der Waals surface area contributed by atoms with Gasteiger partial charge in [-0.2, -0.15) is 9.67 Å². The Kier molecular flexibility index (Phi) is 4.26. The summed E-state index contributed by atoms with van der Waals surface area (Å²) in [5.74, 6) is 1.27. The maximum Gasteiger partial charge on any atom is 0.382 e. The van der Waals surface area contributed by atoms with E-state index in [-0.39, 0.29) is 6.01 Å². The Labute approximate surface area is 115 Å². The average molecular weight is 300 g/mol.